The van der Waals surface area contributed by atoms with Crippen molar-refractivity contribution in [2.75, 3.05) is 84.5 Å². The summed E-state index contributed by atoms with van der Waals surface area (Å²) in [5.41, 5.74) is 15.6. The number of anilines is 1. The van der Waals surface area contributed by atoms with Gasteiger partial charge in [0.1, 0.15) is 0 Å². The van der Waals surface area contributed by atoms with Crippen LogP contribution in [0.5, 0.6) is 0 Å². The van der Waals surface area contributed by atoms with Gasteiger partial charge in [-0.3, -0.25) is 4.79 Å². The van der Waals surface area contributed by atoms with Crippen molar-refractivity contribution in [3.63, 3.8) is 0 Å². The number of carbonyl (C=O) groups is 1. The Balaban J connectivity index is 1.32. The molecular formula is C31H51N5O7. The zero-order valence-corrected chi connectivity index (χ0v) is 26.1. The van der Waals surface area contributed by atoms with Gasteiger partial charge in [-0.15, -0.1) is 0 Å². The minimum Gasteiger partial charge on any atom is -0.388 e. The maximum Gasteiger partial charge on any atom is 0.250 e. The number of nitrogens with one attached hydrogen (secondary N) is 1. The second kappa shape index (κ2) is 18.3. The normalized spacial score (nSPS) is 15.9. The standard InChI is InChI=1S/C31H51N5O7/c1-23-29-27(21-31(2,3)22-28(29)37)36(35-23)24-6-7-25(30(33)38)26(20-24)34-9-5-11-40-13-15-42-17-19-43-18-16-41-14-12-39-10-4-8-32/h6-7,20,28,34,37H,4-5,8-19,21-22,32H2,1-3H3,(H2,33,38). The minimum atomic E-state index is -0.540. The lowest BCUT2D eigenvalue weighted by Crippen LogP contribution is -2.27. The molecule has 12 heteroatoms. The third-order valence-electron chi connectivity index (χ3n) is 7.21. The van der Waals surface area contributed by atoms with Crippen molar-refractivity contribution < 1.29 is 33.6 Å². The molecule has 0 radical (unpaired) electrons. The van der Waals surface area contributed by atoms with E-state index in [-0.39, 0.29) is 5.41 Å². The molecule has 1 heterocycles. The Bertz CT molecular complexity index is 1120. The first kappa shape index (κ1) is 34.9. The van der Waals surface area contributed by atoms with Gasteiger partial charge in [-0.2, -0.15) is 5.10 Å². The molecule has 1 atom stereocenters. The number of aliphatic hydroxyl groups excluding tert-OH is 1. The predicted molar refractivity (Wildman–Crippen MR) is 165 cm³/mol. The highest BCUT2D eigenvalue weighted by Gasteiger charge is 2.36. The maximum atomic E-state index is 12.1. The van der Waals surface area contributed by atoms with Crippen molar-refractivity contribution in [1.82, 2.24) is 9.78 Å². The van der Waals surface area contributed by atoms with E-state index in [2.05, 4.69) is 19.2 Å². The van der Waals surface area contributed by atoms with Crippen LogP contribution in [0.1, 0.15) is 66.5 Å². The number of carbonyl (C=O) groups excluding carboxylic acids is 1. The summed E-state index contributed by atoms with van der Waals surface area (Å²) in [7, 11) is 0. The molecule has 2 aromatic rings. The fraction of sp³-hybridized carbons (Fsp3) is 0.677. The molecule has 0 spiro atoms. The van der Waals surface area contributed by atoms with Crippen LogP contribution < -0.4 is 16.8 Å². The number of ether oxygens (including phenoxy) is 5. The Labute approximate surface area is 255 Å². The largest absolute Gasteiger partial charge is 0.388 e. The molecule has 12 nitrogen and oxygen atoms in total. The molecule has 0 saturated carbocycles. The number of rotatable bonds is 22. The molecule has 43 heavy (non-hydrogen) atoms. The van der Waals surface area contributed by atoms with Crippen molar-refractivity contribution >= 4 is 11.6 Å². The summed E-state index contributed by atoms with van der Waals surface area (Å²) >= 11 is 0. The van der Waals surface area contributed by atoms with Crippen LogP contribution in [0.15, 0.2) is 18.2 Å². The quantitative estimate of drug-likeness (QED) is 0.147. The van der Waals surface area contributed by atoms with E-state index in [0.29, 0.717) is 96.8 Å². The van der Waals surface area contributed by atoms with Crippen LogP contribution >= 0.6 is 0 Å². The topological polar surface area (TPSA) is 165 Å². The number of aliphatic hydroxyl groups is 1. The average Bonchev–Trinajstić information content (AvgIpc) is 3.29. The highest BCUT2D eigenvalue weighted by atomic mass is 16.6. The predicted octanol–water partition coefficient (Wildman–Crippen LogP) is 2.52. The molecule has 242 valence electrons. The molecule has 1 aromatic heterocycles. The summed E-state index contributed by atoms with van der Waals surface area (Å²) < 4.78 is 29.4. The van der Waals surface area contributed by atoms with E-state index in [1.54, 1.807) is 6.07 Å². The number of nitrogens with zero attached hydrogens (tertiary/aromatic N) is 2. The first-order chi connectivity index (χ1) is 20.7. The van der Waals surface area contributed by atoms with Gasteiger partial charge >= 0.3 is 0 Å². The molecule has 0 aliphatic heterocycles. The Hall–Kier alpha value is -2.58. The van der Waals surface area contributed by atoms with Gasteiger partial charge in [-0.1, -0.05) is 13.8 Å². The van der Waals surface area contributed by atoms with E-state index in [0.717, 1.165) is 41.9 Å². The first-order valence-corrected chi connectivity index (χ1v) is 15.3. The molecule has 1 aliphatic carbocycles. The number of aromatic nitrogens is 2. The van der Waals surface area contributed by atoms with Gasteiger partial charge in [-0.25, -0.2) is 4.68 Å². The van der Waals surface area contributed by atoms with Crippen molar-refractivity contribution in [3.8, 4) is 5.69 Å². The smallest absolute Gasteiger partial charge is 0.250 e. The Morgan fingerprint density at radius 1 is 0.977 bits per heavy atom. The second-order valence-electron chi connectivity index (χ2n) is 11.5. The number of fused-ring (bicyclic) bond motifs is 1. The molecule has 3 rings (SSSR count). The summed E-state index contributed by atoms with van der Waals surface area (Å²) in [4.78, 5) is 12.1. The molecule has 1 unspecified atom stereocenters. The molecular weight excluding hydrogens is 554 g/mol. The lowest BCUT2D eigenvalue weighted by Gasteiger charge is -2.33. The maximum absolute atomic E-state index is 12.1. The molecule has 0 saturated heterocycles. The van der Waals surface area contributed by atoms with Crippen LogP contribution in [-0.4, -0.2) is 100.0 Å². The first-order valence-electron chi connectivity index (χ1n) is 15.3. The summed E-state index contributed by atoms with van der Waals surface area (Å²) in [6.07, 6.45) is 2.56. The molecule has 1 aliphatic rings. The van der Waals surface area contributed by atoms with Gasteiger partial charge in [0, 0.05) is 31.0 Å². The molecule has 1 aromatic carbocycles. The van der Waals surface area contributed by atoms with Gasteiger partial charge in [0.25, 0.3) is 5.91 Å². The lowest BCUT2D eigenvalue weighted by atomic mass is 9.75. The highest BCUT2D eigenvalue weighted by Crippen LogP contribution is 2.42. The van der Waals surface area contributed by atoms with Crippen LogP contribution in [0, 0.1) is 12.3 Å². The van der Waals surface area contributed by atoms with E-state index < -0.39 is 12.0 Å². The molecule has 0 bridgehead atoms. The SMILES string of the molecule is Cc1nn(-c2ccc(C(N)=O)c(NCCCOCCOCCOCCOCCOCCCN)c2)c2c1C(O)CC(C)(C)C2. The molecule has 1 amide bonds. The number of hydrogen-bond donors (Lipinski definition) is 4. The number of hydrogen-bond acceptors (Lipinski definition) is 10. The van der Waals surface area contributed by atoms with Crippen LogP contribution in [-0.2, 0) is 30.1 Å². The Kier molecular flexibility index (Phi) is 14.8. The number of nitrogens with two attached hydrogens (primary N) is 2. The number of benzene rings is 1. The van der Waals surface area contributed by atoms with Crippen molar-refractivity contribution in [2.24, 2.45) is 16.9 Å². The van der Waals surface area contributed by atoms with Gasteiger partial charge in [0.05, 0.1) is 81.6 Å². The zero-order chi connectivity index (χ0) is 31.1. The van der Waals surface area contributed by atoms with E-state index in [4.69, 9.17) is 40.3 Å². The van der Waals surface area contributed by atoms with Gasteiger partial charge < -0.3 is 45.6 Å². The van der Waals surface area contributed by atoms with Crippen LogP contribution in [0.4, 0.5) is 5.69 Å². The number of aryl methyl sites for hydroxylation is 1. The molecule has 0 fully saturated rings. The van der Waals surface area contributed by atoms with Gasteiger partial charge in [-0.05, 0) is 62.8 Å². The van der Waals surface area contributed by atoms with Crippen LogP contribution in [0.3, 0.4) is 0 Å². The van der Waals surface area contributed by atoms with E-state index in [9.17, 15) is 9.90 Å². The lowest BCUT2D eigenvalue weighted by molar-refractivity contribution is -0.0110. The minimum absolute atomic E-state index is 0.0419. The second-order valence-corrected chi connectivity index (χ2v) is 11.5. The Morgan fingerprint density at radius 3 is 2.09 bits per heavy atom. The fourth-order valence-electron chi connectivity index (χ4n) is 5.14. The van der Waals surface area contributed by atoms with Gasteiger partial charge in [0.15, 0.2) is 0 Å². The van der Waals surface area contributed by atoms with E-state index >= 15 is 0 Å². The number of primary amides is 1. The zero-order valence-electron chi connectivity index (χ0n) is 26.1. The summed E-state index contributed by atoms with van der Waals surface area (Å²) in [5.74, 6) is -0.502. The van der Waals surface area contributed by atoms with Crippen molar-refractivity contribution in [2.45, 2.75) is 52.6 Å². The van der Waals surface area contributed by atoms with Crippen LogP contribution in [0.25, 0.3) is 5.69 Å². The monoisotopic (exact) mass is 605 g/mol. The highest BCUT2D eigenvalue weighted by molar-refractivity contribution is 5.98. The number of amides is 1. The summed E-state index contributed by atoms with van der Waals surface area (Å²) in [6, 6.07) is 5.46. The van der Waals surface area contributed by atoms with Crippen molar-refractivity contribution in [1.29, 1.82) is 0 Å². The third kappa shape index (κ3) is 11.5. The third-order valence-corrected chi connectivity index (χ3v) is 7.21. The van der Waals surface area contributed by atoms with Crippen molar-refractivity contribution in [3.05, 3.63) is 40.7 Å². The summed E-state index contributed by atoms with van der Waals surface area (Å²) in [6.45, 7) is 12.8. The average molecular weight is 606 g/mol. The fourth-order valence-corrected chi connectivity index (χ4v) is 5.14. The molecule has 6 N–H and O–H groups in total. The van der Waals surface area contributed by atoms with E-state index in [1.165, 1.54) is 0 Å². The van der Waals surface area contributed by atoms with Gasteiger partial charge in [0.2, 0.25) is 0 Å². The van der Waals surface area contributed by atoms with Crippen LogP contribution in [0.2, 0.25) is 0 Å². The Morgan fingerprint density at radius 2 is 1.53 bits per heavy atom. The summed E-state index contributed by atoms with van der Waals surface area (Å²) in [5, 5.41) is 18.8. The van der Waals surface area contributed by atoms with E-state index in [1.807, 2.05) is 23.7 Å².